The van der Waals surface area contributed by atoms with Crippen molar-refractivity contribution in [1.29, 1.82) is 0 Å². The molecule has 0 saturated heterocycles. The highest BCUT2D eigenvalue weighted by Gasteiger charge is 2.25. The number of carbonyl (C=O) groups excluding carboxylic acids is 3. The van der Waals surface area contributed by atoms with Gasteiger partial charge in [-0.3, -0.25) is 14.4 Å². The lowest BCUT2D eigenvalue weighted by molar-refractivity contribution is -0.122. The number of carbonyl (C=O) groups is 3. The molecule has 0 aliphatic carbocycles. The van der Waals surface area contributed by atoms with Crippen LogP contribution in [0.15, 0.2) is 48.5 Å². The van der Waals surface area contributed by atoms with Crippen LogP contribution in [-0.4, -0.2) is 44.0 Å². The molecule has 8 heteroatoms. The van der Waals surface area contributed by atoms with Crippen LogP contribution < -0.4 is 25.4 Å². The van der Waals surface area contributed by atoms with Crippen LogP contribution in [0.5, 0.6) is 11.5 Å². The van der Waals surface area contributed by atoms with Crippen LogP contribution in [0, 0.1) is 5.92 Å². The first kappa shape index (κ1) is 23.7. The molecule has 0 aliphatic heterocycles. The first-order chi connectivity index (χ1) is 14.8. The van der Waals surface area contributed by atoms with E-state index < -0.39 is 6.04 Å². The van der Waals surface area contributed by atoms with Crippen LogP contribution >= 0.6 is 0 Å². The zero-order chi connectivity index (χ0) is 22.8. The highest BCUT2D eigenvalue weighted by molar-refractivity contribution is 6.01. The predicted molar refractivity (Wildman–Crippen MR) is 118 cm³/mol. The minimum absolute atomic E-state index is 0.124. The third kappa shape index (κ3) is 7.33. The summed E-state index contributed by atoms with van der Waals surface area (Å²) in [6.07, 6.45) is 0. The molecule has 3 amide bonds. The van der Waals surface area contributed by atoms with Gasteiger partial charge in [-0.1, -0.05) is 19.9 Å². The van der Waals surface area contributed by atoms with Crippen molar-refractivity contribution in [2.75, 3.05) is 25.6 Å². The van der Waals surface area contributed by atoms with E-state index in [1.165, 1.54) is 7.05 Å². The second-order valence-corrected chi connectivity index (χ2v) is 7.13. The fourth-order valence-electron chi connectivity index (χ4n) is 2.73. The number of nitrogens with one attached hydrogen (secondary N) is 3. The average Bonchev–Trinajstić information content (AvgIpc) is 2.76. The Balaban J connectivity index is 2.03. The largest absolute Gasteiger partial charge is 0.494 e. The molecule has 0 fully saturated rings. The van der Waals surface area contributed by atoms with Crippen molar-refractivity contribution in [3.8, 4) is 11.5 Å². The van der Waals surface area contributed by atoms with E-state index in [1.54, 1.807) is 48.5 Å². The Morgan fingerprint density at radius 3 is 2.29 bits per heavy atom. The van der Waals surface area contributed by atoms with E-state index >= 15 is 0 Å². The lowest BCUT2D eigenvalue weighted by Gasteiger charge is -2.22. The standard InChI is InChI=1S/C23H29N3O5/c1-5-30-18-11-9-16(10-12-18)22(28)26-21(15(2)3)23(29)25-17-7-6-8-19(13-17)31-14-20(27)24-4/h6-13,15,21H,5,14H2,1-4H3,(H,24,27)(H,25,29)(H,26,28). The second kappa shape index (κ2) is 11.6. The molecule has 0 saturated carbocycles. The summed E-state index contributed by atoms with van der Waals surface area (Å²) >= 11 is 0. The van der Waals surface area contributed by atoms with E-state index in [0.29, 0.717) is 29.4 Å². The zero-order valence-electron chi connectivity index (χ0n) is 18.2. The Bertz CT molecular complexity index is 896. The molecule has 2 aromatic rings. The van der Waals surface area contributed by atoms with Crippen LogP contribution in [0.4, 0.5) is 5.69 Å². The number of benzene rings is 2. The quantitative estimate of drug-likeness (QED) is 0.541. The van der Waals surface area contributed by atoms with Crippen molar-refractivity contribution < 1.29 is 23.9 Å². The molecule has 1 unspecified atom stereocenters. The topological polar surface area (TPSA) is 106 Å². The van der Waals surface area contributed by atoms with Crippen molar-refractivity contribution in [1.82, 2.24) is 10.6 Å². The second-order valence-electron chi connectivity index (χ2n) is 7.13. The van der Waals surface area contributed by atoms with Gasteiger partial charge in [0, 0.05) is 24.4 Å². The van der Waals surface area contributed by atoms with Gasteiger partial charge in [-0.05, 0) is 49.2 Å². The lowest BCUT2D eigenvalue weighted by Crippen LogP contribution is -2.47. The van der Waals surface area contributed by atoms with Gasteiger partial charge in [0.1, 0.15) is 17.5 Å². The number of hydrogen-bond acceptors (Lipinski definition) is 5. The summed E-state index contributed by atoms with van der Waals surface area (Å²) in [4.78, 5) is 36.8. The molecule has 166 valence electrons. The van der Waals surface area contributed by atoms with Gasteiger partial charge in [0.05, 0.1) is 6.61 Å². The summed E-state index contributed by atoms with van der Waals surface area (Å²) in [6.45, 7) is 6.01. The van der Waals surface area contributed by atoms with E-state index in [4.69, 9.17) is 9.47 Å². The summed E-state index contributed by atoms with van der Waals surface area (Å²) in [7, 11) is 1.52. The highest BCUT2D eigenvalue weighted by atomic mass is 16.5. The summed E-state index contributed by atoms with van der Waals surface area (Å²) in [5.74, 6) is 0.0274. The molecular weight excluding hydrogens is 398 g/mol. The molecular formula is C23H29N3O5. The van der Waals surface area contributed by atoms with Crippen LogP contribution in [0.2, 0.25) is 0 Å². The number of hydrogen-bond donors (Lipinski definition) is 3. The maximum atomic E-state index is 12.8. The van der Waals surface area contributed by atoms with Crippen molar-refractivity contribution in [3.63, 3.8) is 0 Å². The molecule has 0 aromatic heterocycles. The van der Waals surface area contributed by atoms with E-state index in [-0.39, 0.29) is 30.2 Å². The van der Waals surface area contributed by atoms with E-state index in [2.05, 4.69) is 16.0 Å². The fraction of sp³-hybridized carbons (Fsp3) is 0.348. The minimum Gasteiger partial charge on any atom is -0.494 e. The maximum absolute atomic E-state index is 12.8. The molecule has 0 heterocycles. The monoisotopic (exact) mass is 427 g/mol. The minimum atomic E-state index is -0.741. The number of rotatable bonds is 10. The number of amides is 3. The first-order valence-electron chi connectivity index (χ1n) is 10.1. The predicted octanol–water partition coefficient (Wildman–Crippen LogP) is 2.60. The van der Waals surface area contributed by atoms with Gasteiger partial charge in [-0.15, -0.1) is 0 Å². The van der Waals surface area contributed by atoms with Gasteiger partial charge in [0.25, 0.3) is 11.8 Å². The van der Waals surface area contributed by atoms with Gasteiger partial charge >= 0.3 is 0 Å². The van der Waals surface area contributed by atoms with Crippen molar-refractivity contribution in [2.45, 2.75) is 26.8 Å². The molecule has 2 aromatic carbocycles. The summed E-state index contributed by atoms with van der Waals surface area (Å²) < 4.78 is 10.8. The normalized spacial score (nSPS) is 11.4. The molecule has 0 bridgehead atoms. The number of ether oxygens (including phenoxy) is 2. The Kier molecular flexibility index (Phi) is 8.87. The van der Waals surface area contributed by atoms with Gasteiger partial charge in [0.2, 0.25) is 5.91 Å². The summed E-state index contributed by atoms with van der Waals surface area (Å²) in [6, 6.07) is 12.7. The lowest BCUT2D eigenvalue weighted by atomic mass is 10.0. The molecule has 3 N–H and O–H groups in total. The van der Waals surface area contributed by atoms with Crippen LogP contribution in [0.25, 0.3) is 0 Å². The smallest absolute Gasteiger partial charge is 0.257 e. The SMILES string of the molecule is CCOc1ccc(C(=O)NC(C(=O)Nc2cccc(OCC(=O)NC)c2)C(C)C)cc1. The van der Waals surface area contributed by atoms with Gasteiger partial charge in [-0.25, -0.2) is 0 Å². The molecule has 31 heavy (non-hydrogen) atoms. The van der Waals surface area contributed by atoms with Crippen LogP contribution in [0.3, 0.4) is 0 Å². The maximum Gasteiger partial charge on any atom is 0.257 e. The van der Waals surface area contributed by atoms with Gasteiger partial charge < -0.3 is 25.4 Å². The molecule has 0 spiro atoms. The number of anilines is 1. The summed E-state index contributed by atoms with van der Waals surface area (Å²) in [5, 5.41) is 8.05. The molecule has 1 atom stereocenters. The Morgan fingerprint density at radius 1 is 0.968 bits per heavy atom. The fourth-order valence-corrected chi connectivity index (χ4v) is 2.73. The average molecular weight is 428 g/mol. The van der Waals surface area contributed by atoms with Gasteiger partial charge in [0.15, 0.2) is 6.61 Å². The third-order valence-electron chi connectivity index (χ3n) is 4.41. The van der Waals surface area contributed by atoms with Crippen LogP contribution in [-0.2, 0) is 9.59 Å². The van der Waals surface area contributed by atoms with Crippen molar-refractivity contribution in [2.24, 2.45) is 5.92 Å². The molecule has 0 aliphatic rings. The van der Waals surface area contributed by atoms with Crippen molar-refractivity contribution in [3.05, 3.63) is 54.1 Å². The Hall–Kier alpha value is -3.55. The van der Waals surface area contributed by atoms with Gasteiger partial charge in [-0.2, -0.15) is 0 Å². The zero-order valence-corrected chi connectivity index (χ0v) is 18.2. The van der Waals surface area contributed by atoms with Crippen molar-refractivity contribution >= 4 is 23.4 Å². The highest BCUT2D eigenvalue weighted by Crippen LogP contribution is 2.18. The van der Waals surface area contributed by atoms with E-state index in [1.807, 2.05) is 20.8 Å². The summed E-state index contributed by atoms with van der Waals surface area (Å²) in [5.41, 5.74) is 0.937. The number of likely N-dealkylation sites (N-methyl/N-ethyl adjacent to an activating group) is 1. The van der Waals surface area contributed by atoms with Crippen LogP contribution in [0.1, 0.15) is 31.1 Å². The molecule has 2 rings (SSSR count). The first-order valence-corrected chi connectivity index (χ1v) is 10.1. The third-order valence-corrected chi connectivity index (χ3v) is 4.41. The van der Waals surface area contributed by atoms with E-state index in [9.17, 15) is 14.4 Å². The molecule has 8 nitrogen and oxygen atoms in total. The van der Waals surface area contributed by atoms with E-state index in [0.717, 1.165) is 0 Å². The Morgan fingerprint density at radius 2 is 1.68 bits per heavy atom. The molecule has 0 radical (unpaired) electrons. The Labute approximate surface area is 182 Å².